The number of rotatable bonds is 3. The van der Waals surface area contributed by atoms with Crippen molar-refractivity contribution in [3.8, 4) is 11.3 Å². The van der Waals surface area contributed by atoms with Crippen LogP contribution in [0.15, 0.2) is 65.6 Å². The third-order valence-electron chi connectivity index (χ3n) is 5.50. The predicted molar refractivity (Wildman–Crippen MR) is 106 cm³/mol. The van der Waals surface area contributed by atoms with E-state index in [1.165, 1.54) is 3.97 Å². The van der Waals surface area contributed by atoms with Gasteiger partial charge < -0.3 is 0 Å². The van der Waals surface area contributed by atoms with E-state index in [0.29, 0.717) is 11.4 Å². The molecule has 27 heavy (non-hydrogen) atoms. The number of hydrogen-bond acceptors (Lipinski definition) is 3. The predicted octanol–water partition coefficient (Wildman–Crippen LogP) is 4.64. The van der Waals surface area contributed by atoms with Gasteiger partial charge in [0.15, 0.2) is 5.78 Å². The number of carbonyl (C=O) groups excluding carboxylic acids is 1. The number of aryl methyl sites for hydroxylation is 1. The molecule has 4 nitrogen and oxygen atoms in total. The van der Waals surface area contributed by atoms with Crippen molar-refractivity contribution in [3.63, 3.8) is 0 Å². The number of aromatic nitrogens is 1. The lowest BCUT2D eigenvalue weighted by atomic mass is 9.96. The van der Waals surface area contributed by atoms with Gasteiger partial charge in [-0.3, -0.25) is 4.79 Å². The standard InChI is InChI=1S/C22H21NO3S/c1-14-9-11-18(12-10-14)27(25,26)23-20(17-7-5-4-6-8-17)13-19-15(2)16(3)22(24)21(19)23/h4-13,15-16H,1-3H3. The van der Waals surface area contributed by atoms with Crippen LogP contribution in [-0.2, 0) is 10.0 Å². The van der Waals surface area contributed by atoms with Crippen LogP contribution in [0.25, 0.3) is 11.3 Å². The Balaban J connectivity index is 2.03. The number of hydrogen-bond donors (Lipinski definition) is 0. The Kier molecular flexibility index (Phi) is 4.07. The van der Waals surface area contributed by atoms with Gasteiger partial charge in [-0.25, -0.2) is 12.4 Å². The number of benzene rings is 2. The highest BCUT2D eigenvalue weighted by Gasteiger charge is 2.41. The highest BCUT2D eigenvalue weighted by atomic mass is 32.2. The smallest absolute Gasteiger partial charge is 0.268 e. The van der Waals surface area contributed by atoms with Crippen LogP contribution in [-0.4, -0.2) is 18.2 Å². The first-order valence-corrected chi connectivity index (χ1v) is 10.4. The second-order valence-corrected chi connectivity index (χ2v) is 9.01. The van der Waals surface area contributed by atoms with Gasteiger partial charge in [0, 0.05) is 5.92 Å². The van der Waals surface area contributed by atoms with E-state index in [4.69, 9.17) is 0 Å². The lowest BCUT2D eigenvalue weighted by molar-refractivity contribution is 0.0931. The maximum Gasteiger partial charge on any atom is 0.268 e. The van der Waals surface area contributed by atoms with Crippen LogP contribution in [0, 0.1) is 12.8 Å². The van der Waals surface area contributed by atoms with Crippen LogP contribution in [0.3, 0.4) is 0 Å². The normalized spacial score (nSPS) is 19.3. The first-order chi connectivity index (χ1) is 12.8. The Bertz CT molecular complexity index is 1130. The van der Waals surface area contributed by atoms with E-state index in [9.17, 15) is 13.2 Å². The zero-order valence-corrected chi connectivity index (χ0v) is 16.3. The van der Waals surface area contributed by atoms with Crippen molar-refractivity contribution in [3.05, 3.63) is 77.5 Å². The average molecular weight is 379 g/mol. The molecule has 1 heterocycles. The van der Waals surface area contributed by atoms with Crippen molar-refractivity contribution < 1.29 is 13.2 Å². The van der Waals surface area contributed by atoms with E-state index in [0.717, 1.165) is 16.7 Å². The zero-order valence-electron chi connectivity index (χ0n) is 15.5. The summed E-state index contributed by atoms with van der Waals surface area (Å²) in [5, 5.41) is 0. The third-order valence-corrected chi connectivity index (χ3v) is 7.23. The van der Waals surface area contributed by atoms with Crippen molar-refractivity contribution in [2.24, 2.45) is 5.92 Å². The molecule has 138 valence electrons. The topological polar surface area (TPSA) is 56.1 Å². The first-order valence-electron chi connectivity index (χ1n) is 9.00. The highest BCUT2D eigenvalue weighted by Crippen LogP contribution is 2.43. The van der Waals surface area contributed by atoms with Gasteiger partial charge in [-0.2, -0.15) is 0 Å². The molecule has 1 aliphatic rings. The Morgan fingerprint density at radius 1 is 0.889 bits per heavy atom. The molecule has 0 amide bonds. The van der Waals surface area contributed by atoms with Gasteiger partial charge in [-0.05, 0) is 42.2 Å². The first kappa shape index (κ1) is 17.7. The van der Waals surface area contributed by atoms with Gasteiger partial charge in [-0.15, -0.1) is 0 Å². The lowest BCUT2D eigenvalue weighted by Gasteiger charge is -2.14. The van der Waals surface area contributed by atoms with E-state index >= 15 is 0 Å². The van der Waals surface area contributed by atoms with Crippen molar-refractivity contribution in [1.82, 2.24) is 3.97 Å². The molecule has 0 aliphatic heterocycles. The van der Waals surface area contributed by atoms with Crippen LogP contribution in [0.1, 0.15) is 41.4 Å². The number of fused-ring (bicyclic) bond motifs is 1. The second kappa shape index (κ2) is 6.20. The van der Waals surface area contributed by atoms with Crippen LogP contribution in [0.2, 0.25) is 0 Å². The number of ketones is 1. The van der Waals surface area contributed by atoms with Crippen LogP contribution >= 0.6 is 0 Å². The molecule has 1 aromatic heterocycles. The van der Waals surface area contributed by atoms with Gasteiger partial charge >= 0.3 is 0 Å². The summed E-state index contributed by atoms with van der Waals surface area (Å²) in [6.07, 6.45) is 0. The fourth-order valence-electron chi connectivity index (χ4n) is 3.69. The van der Waals surface area contributed by atoms with Crippen molar-refractivity contribution in [2.45, 2.75) is 31.6 Å². The Morgan fingerprint density at radius 2 is 1.52 bits per heavy atom. The third kappa shape index (κ3) is 2.65. The summed E-state index contributed by atoms with van der Waals surface area (Å²) in [5.74, 6) is -0.348. The summed E-state index contributed by atoms with van der Waals surface area (Å²) in [6.45, 7) is 5.75. The van der Waals surface area contributed by atoms with Crippen LogP contribution < -0.4 is 0 Å². The molecule has 0 radical (unpaired) electrons. The molecule has 0 spiro atoms. The molecule has 2 atom stereocenters. The van der Waals surface area contributed by atoms with Gasteiger partial charge in [-0.1, -0.05) is 61.9 Å². The van der Waals surface area contributed by atoms with E-state index in [1.54, 1.807) is 24.3 Å². The van der Waals surface area contributed by atoms with E-state index in [1.807, 2.05) is 57.2 Å². The fraction of sp³-hybridized carbons (Fsp3) is 0.227. The minimum Gasteiger partial charge on any atom is -0.292 e. The summed E-state index contributed by atoms with van der Waals surface area (Å²) < 4.78 is 28.3. The quantitative estimate of drug-likeness (QED) is 0.666. The van der Waals surface area contributed by atoms with Gasteiger partial charge in [0.1, 0.15) is 5.69 Å². The monoisotopic (exact) mass is 379 g/mol. The van der Waals surface area contributed by atoms with Crippen molar-refractivity contribution in [1.29, 1.82) is 0 Å². The molecule has 2 unspecified atom stereocenters. The van der Waals surface area contributed by atoms with Gasteiger partial charge in [0.25, 0.3) is 10.0 Å². The molecule has 0 saturated carbocycles. The van der Waals surface area contributed by atoms with Gasteiger partial charge in [0.2, 0.25) is 0 Å². The fourth-order valence-corrected chi connectivity index (χ4v) is 5.23. The van der Waals surface area contributed by atoms with Crippen molar-refractivity contribution in [2.75, 3.05) is 0 Å². The van der Waals surface area contributed by atoms with Gasteiger partial charge in [0.05, 0.1) is 10.6 Å². The van der Waals surface area contributed by atoms with Crippen LogP contribution in [0.4, 0.5) is 0 Å². The minimum absolute atomic E-state index is 0.00979. The summed E-state index contributed by atoms with van der Waals surface area (Å²) in [7, 11) is -3.90. The zero-order chi connectivity index (χ0) is 19.3. The summed E-state index contributed by atoms with van der Waals surface area (Å²) >= 11 is 0. The molecule has 1 aliphatic carbocycles. The molecule has 0 saturated heterocycles. The molecule has 0 N–H and O–H groups in total. The number of Topliss-reactive ketones (excluding diaryl/α,β-unsaturated/α-hetero) is 1. The lowest BCUT2D eigenvalue weighted by Crippen LogP contribution is -2.20. The number of carbonyl (C=O) groups is 1. The second-order valence-electron chi connectivity index (χ2n) is 7.22. The maximum atomic E-state index is 13.5. The SMILES string of the molecule is Cc1ccc(S(=O)(=O)n2c(-c3ccccc3)cc3c2C(=O)C(C)C3C)cc1. The summed E-state index contributed by atoms with van der Waals surface area (Å²) in [6, 6.07) is 17.9. The molecule has 0 fully saturated rings. The van der Waals surface area contributed by atoms with Crippen LogP contribution in [0.5, 0.6) is 0 Å². The van der Waals surface area contributed by atoms with E-state index in [-0.39, 0.29) is 22.5 Å². The highest BCUT2D eigenvalue weighted by molar-refractivity contribution is 7.90. The molecule has 4 rings (SSSR count). The van der Waals surface area contributed by atoms with Crippen molar-refractivity contribution >= 4 is 15.8 Å². The molecular weight excluding hydrogens is 358 g/mol. The molecular formula is C22H21NO3S. The maximum absolute atomic E-state index is 13.5. The van der Waals surface area contributed by atoms with E-state index in [2.05, 4.69) is 0 Å². The van der Waals surface area contributed by atoms with E-state index < -0.39 is 10.0 Å². The molecule has 3 aromatic rings. The summed E-state index contributed by atoms with van der Waals surface area (Å²) in [4.78, 5) is 13.1. The molecule has 0 bridgehead atoms. The minimum atomic E-state index is -3.90. The average Bonchev–Trinajstić information content (AvgIpc) is 3.16. The number of nitrogens with zero attached hydrogens (tertiary/aromatic N) is 1. The summed E-state index contributed by atoms with van der Waals surface area (Å²) in [5.41, 5.74) is 3.40. The Morgan fingerprint density at radius 3 is 2.15 bits per heavy atom. The Hall–Kier alpha value is -2.66. The molecule has 2 aromatic carbocycles. The molecule has 5 heteroatoms. The largest absolute Gasteiger partial charge is 0.292 e. The Labute approximate surface area is 159 Å².